The number of cyclic esters (lactones) is 1. The Morgan fingerprint density at radius 1 is 1.44 bits per heavy atom. The van der Waals surface area contributed by atoms with E-state index in [9.17, 15) is 9.18 Å². The first-order valence-corrected chi connectivity index (χ1v) is 7.92. The molecule has 1 aromatic heterocycles. The van der Waals surface area contributed by atoms with E-state index in [4.69, 9.17) is 15.8 Å². The van der Waals surface area contributed by atoms with Gasteiger partial charge in [0.1, 0.15) is 18.2 Å². The molecule has 1 aliphatic carbocycles. The molecular formula is C17H15FN4O3. The zero-order chi connectivity index (χ0) is 17.4. The van der Waals surface area contributed by atoms with Crippen molar-refractivity contribution in [3.05, 3.63) is 53.3 Å². The molecule has 8 heteroatoms. The SMILES string of the molecule is [C-]#[N+]C1(c2ccc(N3C[C@H](CNc4ccon4)OC3=O)cc2F)CC1. The van der Waals surface area contributed by atoms with Crippen molar-refractivity contribution in [2.75, 3.05) is 23.3 Å². The lowest BCUT2D eigenvalue weighted by Gasteiger charge is -2.14. The molecule has 1 aliphatic heterocycles. The molecule has 1 amide bonds. The highest BCUT2D eigenvalue weighted by atomic mass is 19.1. The van der Waals surface area contributed by atoms with Crippen LogP contribution >= 0.6 is 0 Å². The molecule has 4 rings (SSSR count). The molecule has 2 heterocycles. The zero-order valence-electron chi connectivity index (χ0n) is 13.2. The number of halogens is 1. The van der Waals surface area contributed by atoms with E-state index in [0.29, 0.717) is 43.0 Å². The summed E-state index contributed by atoms with van der Waals surface area (Å²) in [6.45, 7) is 7.91. The smallest absolute Gasteiger partial charge is 0.414 e. The van der Waals surface area contributed by atoms with Gasteiger partial charge in [-0.1, -0.05) is 5.16 Å². The minimum absolute atomic E-state index is 0.302. The number of nitrogens with zero attached hydrogens (tertiary/aromatic N) is 3. The predicted octanol–water partition coefficient (Wildman–Crippen LogP) is 3.16. The fraction of sp³-hybridized carbons (Fsp3) is 0.353. The summed E-state index contributed by atoms with van der Waals surface area (Å²) in [6, 6.07) is 6.23. The number of nitrogens with one attached hydrogen (secondary N) is 1. The normalized spacial score (nSPS) is 20.9. The van der Waals surface area contributed by atoms with Gasteiger partial charge < -0.3 is 19.4 Å². The summed E-state index contributed by atoms with van der Waals surface area (Å²) in [4.78, 5) is 17.0. The van der Waals surface area contributed by atoms with Crippen LogP contribution in [0.4, 0.5) is 20.7 Å². The van der Waals surface area contributed by atoms with Crippen LogP contribution in [0, 0.1) is 12.4 Å². The number of carbonyl (C=O) groups is 1. The van der Waals surface area contributed by atoms with Crippen molar-refractivity contribution in [2.45, 2.75) is 24.5 Å². The summed E-state index contributed by atoms with van der Waals surface area (Å²) in [6.07, 6.45) is 1.88. The number of anilines is 2. The Hall–Kier alpha value is -3.08. The first-order chi connectivity index (χ1) is 12.1. The summed E-state index contributed by atoms with van der Waals surface area (Å²) in [5.41, 5.74) is 0.122. The predicted molar refractivity (Wildman–Crippen MR) is 86.5 cm³/mol. The summed E-state index contributed by atoms with van der Waals surface area (Å²) in [5, 5.41) is 6.72. The van der Waals surface area contributed by atoms with Gasteiger partial charge in [-0.05, 0) is 18.2 Å². The molecule has 25 heavy (non-hydrogen) atoms. The summed E-state index contributed by atoms with van der Waals surface area (Å²) >= 11 is 0. The molecule has 2 aliphatic rings. The van der Waals surface area contributed by atoms with Crippen LogP contribution in [0.5, 0.6) is 0 Å². The third-order valence-electron chi connectivity index (χ3n) is 4.53. The number of benzene rings is 1. The Kier molecular flexibility index (Phi) is 3.57. The standard InChI is InChI=1S/C17H15FN4O3/c1-19-17(5-6-17)13-3-2-11(8-14(13)18)22-10-12(25-16(22)23)9-20-15-4-7-24-21-15/h2-4,7-8,12H,5-6,9-10H2,(H,20,21)/t12-/m0/s1. The largest absolute Gasteiger partial charge is 0.442 e. The molecule has 0 radical (unpaired) electrons. The lowest BCUT2D eigenvalue weighted by atomic mass is 10.0. The number of hydrogen-bond donors (Lipinski definition) is 1. The fourth-order valence-electron chi connectivity index (χ4n) is 2.97. The second kappa shape index (κ2) is 5.77. The summed E-state index contributed by atoms with van der Waals surface area (Å²) in [7, 11) is 0. The topological polar surface area (TPSA) is 72.0 Å². The molecule has 1 saturated heterocycles. The van der Waals surface area contributed by atoms with E-state index < -0.39 is 17.4 Å². The van der Waals surface area contributed by atoms with Crippen molar-refractivity contribution in [3.63, 3.8) is 0 Å². The Bertz CT molecular complexity index is 842. The Balaban J connectivity index is 1.46. The van der Waals surface area contributed by atoms with Crippen LogP contribution in [-0.2, 0) is 10.3 Å². The highest BCUT2D eigenvalue weighted by molar-refractivity contribution is 5.89. The lowest BCUT2D eigenvalue weighted by Crippen LogP contribution is -2.27. The second-order valence-corrected chi connectivity index (χ2v) is 6.19. The van der Waals surface area contributed by atoms with Gasteiger partial charge in [-0.25, -0.2) is 15.8 Å². The molecule has 1 aromatic carbocycles. The van der Waals surface area contributed by atoms with Gasteiger partial charge in [0.05, 0.1) is 24.3 Å². The first kappa shape index (κ1) is 15.4. The Labute approximate surface area is 143 Å². The maximum atomic E-state index is 14.4. The van der Waals surface area contributed by atoms with Crippen LogP contribution < -0.4 is 10.2 Å². The van der Waals surface area contributed by atoms with Gasteiger partial charge in [0.25, 0.3) is 5.54 Å². The maximum absolute atomic E-state index is 14.4. The van der Waals surface area contributed by atoms with Crippen molar-refractivity contribution in [1.82, 2.24) is 5.16 Å². The van der Waals surface area contributed by atoms with Gasteiger partial charge >= 0.3 is 6.09 Å². The van der Waals surface area contributed by atoms with Gasteiger partial charge in [0, 0.05) is 18.9 Å². The van der Waals surface area contributed by atoms with E-state index in [-0.39, 0.29) is 6.10 Å². The Morgan fingerprint density at radius 3 is 2.92 bits per heavy atom. The van der Waals surface area contributed by atoms with Gasteiger partial charge in [-0.2, -0.15) is 0 Å². The van der Waals surface area contributed by atoms with Gasteiger partial charge in [0.15, 0.2) is 5.82 Å². The molecule has 0 bridgehead atoms. The highest BCUT2D eigenvalue weighted by Crippen LogP contribution is 2.50. The number of rotatable bonds is 5. The average Bonchev–Trinajstić information content (AvgIpc) is 3.04. The molecular weight excluding hydrogens is 327 g/mol. The van der Waals surface area contributed by atoms with Crippen LogP contribution in [0.2, 0.25) is 0 Å². The molecule has 0 spiro atoms. The highest BCUT2D eigenvalue weighted by Gasteiger charge is 2.54. The van der Waals surface area contributed by atoms with Crippen LogP contribution in [0.3, 0.4) is 0 Å². The van der Waals surface area contributed by atoms with Crippen molar-refractivity contribution >= 4 is 17.6 Å². The number of ether oxygens (including phenoxy) is 1. The molecule has 7 nitrogen and oxygen atoms in total. The number of carbonyl (C=O) groups excluding carboxylic acids is 1. The monoisotopic (exact) mass is 342 g/mol. The van der Waals surface area contributed by atoms with E-state index in [1.54, 1.807) is 18.2 Å². The molecule has 1 saturated carbocycles. The zero-order valence-corrected chi connectivity index (χ0v) is 13.2. The average molecular weight is 342 g/mol. The molecule has 1 atom stereocenters. The molecule has 1 N–H and O–H groups in total. The Morgan fingerprint density at radius 2 is 2.28 bits per heavy atom. The molecule has 2 aromatic rings. The third kappa shape index (κ3) is 2.78. The number of aromatic nitrogens is 1. The molecule has 128 valence electrons. The third-order valence-corrected chi connectivity index (χ3v) is 4.53. The van der Waals surface area contributed by atoms with E-state index in [2.05, 4.69) is 15.3 Å². The van der Waals surface area contributed by atoms with Crippen LogP contribution in [0.1, 0.15) is 18.4 Å². The van der Waals surface area contributed by atoms with Crippen molar-refractivity contribution < 1.29 is 18.4 Å². The molecule has 2 fully saturated rings. The van der Waals surface area contributed by atoms with Crippen LogP contribution in [0.15, 0.2) is 35.1 Å². The van der Waals surface area contributed by atoms with Crippen molar-refractivity contribution in [3.8, 4) is 0 Å². The molecule has 0 unspecified atom stereocenters. The minimum atomic E-state index is -0.710. The maximum Gasteiger partial charge on any atom is 0.414 e. The minimum Gasteiger partial charge on any atom is -0.442 e. The quantitative estimate of drug-likeness (QED) is 0.845. The van der Waals surface area contributed by atoms with Crippen molar-refractivity contribution in [2.24, 2.45) is 0 Å². The lowest BCUT2D eigenvalue weighted by molar-refractivity contribution is 0.147. The van der Waals surface area contributed by atoms with Gasteiger partial charge in [-0.3, -0.25) is 4.90 Å². The van der Waals surface area contributed by atoms with E-state index >= 15 is 0 Å². The fourth-order valence-corrected chi connectivity index (χ4v) is 2.97. The van der Waals surface area contributed by atoms with E-state index in [0.717, 1.165) is 0 Å². The van der Waals surface area contributed by atoms with Crippen molar-refractivity contribution in [1.29, 1.82) is 0 Å². The van der Waals surface area contributed by atoms with Gasteiger partial charge in [0.2, 0.25) is 0 Å². The van der Waals surface area contributed by atoms with Crippen LogP contribution in [-0.4, -0.2) is 30.4 Å². The summed E-state index contributed by atoms with van der Waals surface area (Å²) < 4.78 is 24.4. The van der Waals surface area contributed by atoms with E-state index in [1.807, 2.05) is 0 Å². The second-order valence-electron chi connectivity index (χ2n) is 6.19. The van der Waals surface area contributed by atoms with E-state index in [1.165, 1.54) is 17.2 Å². The van der Waals surface area contributed by atoms with Crippen LogP contribution in [0.25, 0.3) is 4.85 Å². The summed E-state index contributed by atoms with van der Waals surface area (Å²) in [5.74, 6) is 0.0988. The number of hydrogen-bond acceptors (Lipinski definition) is 5. The van der Waals surface area contributed by atoms with Gasteiger partial charge in [-0.15, -0.1) is 0 Å². The number of amides is 1. The first-order valence-electron chi connectivity index (χ1n) is 7.92.